The molecule has 3 unspecified atom stereocenters. The molecule has 1 aliphatic heterocycles. The van der Waals surface area contributed by atoms with Gasteiger partial charge in [-0.25, -0.2) is 0 Å². The van der Waals surface area contributed by atoms with Gasteiger partial charge in [-0.05, 0) is 30.9 Å². The molecule has 1 aromatic rings. The Kier molecular flexibility index (Phi) is 3.76. The van der Waals surface area contributed by atoms with E-state index in [4.69, 9.17) is 9.47 Å². The van der Waals surface area contributed by atoms with Crippen LogP contribution in [0.4, 0.5) is 0 Å². The van der Waals surface area contributed by atoms with E-state index in [2.05, 4.69) is 0 Å². The third-order valence-corrected chi connectivity index (χ3v) is 4.75. The van der Waals surface area contributed by atoms with Crippen molar-refractivity contribution in [2.24, 2.45) is 11.8 Å². The van der Waals surface area contributed by atoms with Crippen LogP contribution >= 0.6 is 0 Å². The Hall–Kier alpha value is -1.75. The van der Waals surface area contributed by atoms with E-state index < -0.39 is 0 Å². The van der Waals surface area contributed by atoms with Gasteiger partial charge in [0.1, 0.15) is 17.1 Å². The molecule has 1 aliphatic carbocycles. The van der Waals surface area contributed by atoms with Gasteiger partial charge in [0.2, 0.25) is 0 Å². The van der Waals surface area contributed by atoms with Crippen molar-refractivity contribution >= 4 is 5.91 Å². The number of ether oxygens (including phenoxy) is 2. The monoisotopic (exact) mass is 291 g/mol. The molecule has 3 atom stereocenters. The zero-order chi connectivity index (χ0) is 15.0. The van der Waals surface area contributed by atoms with Crippen LogP contribution in [0.5, 0.6) is 11.5 Å². The van der Waals surface area contributed by atoms with Crippen LogP contribution in [-0.2, 0) is 0 Å². The van der Waals surface area contributed by atoms with Gasteiger partial charge in [-0.1, -0.05) is 6.07 Å². The molecular formula is C16H21NO4. The summed E-state index contributed by atoms with van der Waals surface area (Å²) in [4.78, 5) is 14.6. The molecule has 5 heteroatoms. The molecule has 3 rings (SSSR count). The molecular weight excluding hydrogens is 270 g/mol. The molecule has 0 aromatic heterocycles. The van der Waals surface area contributed by atoms with Crippen molar-refractivity contribution in [3.05, 3.63) is 23.8 Å². The summed E-state index contributed by atoms with van der Waals surface area (Å²) in [5, 5.41) is 9.98. The highest BCUT2D eigenvalue weighted by molar-refractivity contribution is 6.00. The number of methoxy groups -OCH3 is 2. The first-order valence-electron chi connectivity index (χ1n) is 7.34. The maximum Gasteiger partial charge on any atom is 0.261 e. The van der Waals surface area contributed by atoms with Crippen LogP contribution in [0.1, 0.15) is 23.2 Å². The predicted molar refractivity (Wildman–Crippen MR) is 77.7 cm³/mol. The van der Waals surface area contributed by atoms with Crippen LogP contribution in [0, 0.1) is 11.8 Å². The van der Waals surface area contributed by atoms with Gasteiger partial charge in [0, 0.05) is 19.0 Å². The van der Waals surface area contributed by atoms with Crippen molar-refractivity contribution in [1.29, 1.82) is 0 Å². The third-order valence-electron chi connectivity index (χ3n) is 4.75. The fourth-order valence-electron chi connectivity index (χ4n) is 3.62. The lowest BCUT2D eigenvalue weighted by molar-refractivity contribution is 0.0746. The number of nitrogens with zero attached hydrogens (tertiary/aromatic N) is 1. The first kappa shape index (κ1) is 14.2. The number of aliphatic hydroxyl groups excluding tert-OH is 1. The summed E-state index contributed by atoms with van der Waals surface area (Å²) in [7, 11) is 3.10. The molecule has 1 saturated carbocycles. The summed E-state index contributed by atoms with van der Waals surface area (Å²) >= 11 is 0. The molecule has 1 aromatic carbocycles. The quantitative estimate of drug-likeness (QED) is 0.918. The van der Waals surface area contributed by atoms with Gasteiger partial charge in [-0.15, -0.1) is 0 Å². The third kappa shape index (κ3) is 2.35. The second-order valence-electron chi connectivity index (χ2n) is 5.82. The number of likely N-dealkylation sites (tertiary alicyclic amines) is 1. The molecule has 5 nitrogen and oxygen atoms in total. The summed E-state index contributed by atoms with van der Waals surface area (Å²) in [6, 6.07) is 5.33. The van der Waals surface area contributed by atoms with Crippen molar-refractivity contribution in [2.75, 3.05) is 27.3 Å². The molecule has 2 fully saturated rings. The van der Waals surface area contributed by atoms with Gasteiger partial charge in [0.05, 0.1) is 20.3 Å². The molecule has 0 radical (unpaired) electrons. The van der Waals surface area contributed by atoms with E-state index in [0.717, 1.165) is 12.8 Å². The first-order valence-corrected chi connectivity index (χ1v) is 7.34. The van der Waals surface area contributed by atoms with Gasteiger partial charge in [0.25, 0.3) is 5.91 Å². The van der Waals surface area contributed by atoms with Gasteiger partial charge in [0.15, 0.2) is 0 Å². The molecule has 1 saturated heterocycles. The minimum Gasteiger partial charge on any atom is -0.496 e. The molecule has 1 heterocycles. The van der Waals surface area contributed by atoms with Crippen LogP contribution in [-0.4, -0.2) is 49.3 Å². The second-order valence-corrected chi connectivity index (χ2v) is 5.82. The summed E-state index contributed by atoms with van der Waals surface area (Å²) in [6.45, 7) is 1.33. The zero-order valence-corrected chi connectivity index (χ0v) is 12.4. The lowest BCUT2D eigenvalue weighted by atomic mass is 10.00. The number of fused-ring (bicyclic) bond motifs is 1. The molecule has 0 bridgehead atoms. The van der Waals surface area contributed by atoms with E-state index in [1.54, 1.807) is 32.4 Å². The van der Waals surface area contributed by atoms with E-state index in [0.29, 0.717) is 36.1 Å². The van der Waals surface area contributed by atoms with Crippen LogP contribution in [0.3, 0.4) is 0 Å². The van der Waals surface area contributed by atoms with Crippen LogP contribution < -0.4 is 9.47 Å². The lowest BCUT2D eigenvalue weighted by Crippen LogP contribution is -2.31. The average molecular weight is 291 g/mol. The minimum absolute atomic E-state index is 0.0779. The van der Waals surface area contributed by atoms with Crippen molar-refractivity contribution in [2.45, 2.75) is 18.9 Å². The summed E-state index contributed by atoms with van der Waals surface area (Å²) < 4.78 is 10.6. The standard InChI is InChI=1S/C16H21NO4/c1-20-13-4-3-5-14(21-2)15(13)16(19)17-8-10-6-7-12(18)11(10)9-17/h3-5,10-12,18H,6-9H2,1-2H3. The summed E-state index contributed by atoms with van der Waals surface area (Å²) in [6.07, 6.45) is 1.58. The Morgan fingerprint density at radius 3 is 2.43 bits per heavy atom. The maximum atomic E-state index is 12.8. The van der Waals surface area contributed by atoms with Gasteiger partial charge in [-0.3, -0.25) is 4.79 Å². The van der Waals surface area contributed by atoms with Gasteiger partial charge in [-0.2, -0.15) is 0 Å². The lowest BCUT2D eigenvalue weighted by Gasteiger charge is -2.21. The Bertz CT molecular complexity index is 523. The summed E-state index contributed by atoms with van der Waals surface area (Å²) in [5.41, 5.74) is 0.469. The molecule has 21 heavy (non-hydrogen) atoms. The highest BCUT2D eigenvalue weighted by Gasteiger charge is 2.44. The van der Waals surface area contributed by atoms with Gasteiger partial charge >= 0.3 is 0 Å². The number of carbonyl (C=O) groups is 1. The molecule has 0 spiro atoms. The fourth-order valence-corrected chi connectivity index (χ4v) is 3.62. The number of benzene rings is 1. The fraction of sp³-hybridized carbons (Fsp3) is 0.562. The van der Waals surface area contributed by atoms with E-state index in [9.17, 15) is 9.90 Å². The molecule has 2 aliphatic rings. The minimum atomic E-state index is -0.271. The van der Waals surface area contributed by atoms with Crippen LogP contribution in [0.25, 0.3) is 0 Å². The molecule has 1 amide bonds. The van der Waals surface area contributed by atoms with Crippen LogP contribution in [0.15, 0.2) is 18.2 Å². The predicted octanol–water partition coefficient (Wildman–Crippen LogP) is 1.55. The number of aliphatic hydroxyl groups is 1. The number of hydrogen-bond acceptors (Lipinski definition) is 4. The van der Waals surface area contributed by atoms with E-state index in [1.807, 2.05) is 4.90 Å². The molecule has 114 valence electrons. The number of amides is 1. The Labute approximate surface area is 124 Å². The smallest absolute Gasteiger partial charge is 0.261 e. The van der Waals surface area contributed by atoms with Crippen molar-refractivity contribution < 1.29 is 19.4 Å². The molecule has 1 N–H and O–H groups in total. The Balaban J connectivity index is 1.86. The Morgan fingerprint density at radius 2 is 1.86 bits per heavy atom. The number of rotatable bonds is 3. The van der Waals surface area contributed by atoms with Gasteiger partial charge < -0.3 is 19.5 Å². The normalized spacial score (nSPS) is 27.6. The average Bonchev–Trinajstić information content (AvgIpc) is 3.08. The number of hydrogen-bond donors (Lipinski definition) is 1. The first-order chi connectivity index (χ1) is 10.2. The van der Waals surface area contributed by atoms with Crippen molar-refractivity contribution in [1.82, 2.24) is 4.90 Å². The highest BCUT2D eigenvalue weighted by atomic mass is 16.5. The zero-order valence-electron chi connectivity index (χ0n) is 12.4. The summed E-state index contributed by atoms with van der Waals surface area (Å²) in [5.74, 6) is 1.61. The topological polar surface area (TPSA) is 59.0 Å². The highest BCUT2D eigenvalue weighted by Crippen LogP contribution is 2.40. The van der Waals surface area contributed by atoms with E-state index in [1.165, 1.54) is 0 Å². The van der Waals surface area contributed by atoms with Crippen molar-refractivity contribution in [3.8, 4) is 11.5 Å². The van der Waals surface area contributed by atoms with Crippen LogP contribution in [0.2, 0.25) is 0 Å². The largest absolute Gasteiger partial charge is 0.496 e. The second kappa shape index (κ2) is 5.56. The van der Waals surface area contributed by atoms with E-state index >= 15 is 0 Å². The van der Waals surface area contributed by atoms with Crippen molar-refractivity contribution in [3.63, 3.8) is 0 Å². The Morgan fingerprint density at radius 1 is 1.19 bits per heavy atom. The maximum absolute atomic E-state index is 12.8. The SMILES string of the molecule is COc1cccc(OC)c1C(=O)N1CC2CCC(O)C2C1. The number of carbonyl (C=O) groups excluding carboxylic acids is 1. The van der Waals surface area contributed by atoms with E-state index in [-0.39, 0.29) is 17.9 Å².